The van der Waals surface area contributed by atoms with E-state index in [4.69, 9.17) is 4.43 Å². The molecule has 1 nitrogen and oxygen atoms in total. The van der Waals surface area contributed by atoms with Gasteiger partial charge in [-0.2, -0.15) is 0 Å². The molecule has 0 radical (unpaired) electrons. The molecular weight excluding hydrogens is 176 g/mol. The van der Waals surface area contributed by atoms with E-state index in [-0.39, 0.29) is 5.60 Å². The highest BCUT2D eigenvalue weighted by Gasteiger charge is 2.44. The van der Waals surface area contributed by atoms with Crippen LogP contribution in [0.15, 0.2) is 24.3 Å². The molecule has 1 aromatic carbocycles. The van der Waals surface area contributed by atoms with Crippen LogP contribution in [0.1, 0.15) is 19.4 Å². The van der Waals surface area contributed by atoms with Crippen LogP contribution in [0, 0.1) is 0 Å². The predicted molar refractivity (Wildman–Crippen MR) is 57.7 cm³/mol. The molecule has 0 amide bonds. The van der Waals surface area contributed by atoms with E-state index in [1.165, 1.54) is 10.8 Å². The third kappa shape index (κ3) is 1.25. The van der Waals surface area contributed by atoms with E-state index in [1.807, 2.05) is 0 Å². The molecule has 1 aliphatic heterocycles. The fourth-order valence-electron chi connectivity index (χ4n) is 2.28. The van der Waals surface area contributed by atoms with Crippen LogP contribution in [-0.2, 0) is 10.0 Å². The standard InChI is InChI=1S/C11H16OSi/c1-11(2)9-7-5-6-8-10(9)13(3,4)12-11/h5-8H,1-4H3. The van der Waals surface area contributed by atoms with Crippen LogP contribution in [0.2, 0.25) is 13.1 Å². The number of hydrogen-bond acceptors (Lipinski definition) is 1. The third-order valence-electron chi connectivity index (χ3n) is 2.73. The van der Waals surface area contributed by atoms with E-state index in [1.54, 1.807) is 0 Å². The lowest BCUT2D eigenvalue weighted by molar-refractivity contribution is 0.116. The molecule has 0 fully saturated rings. The monoisotopic (exact) mass is 192 g/mol. The van der Waals surface area contributed by atoms with Crippen LogP contribution in [0.4, 0.5) is 0 Å². The summed E-state index contributed by atoms with van der Waals surface area (Å²) in [7, 11) is -1.60. The summed E-state index contributed by atoms with van der Waals surface area (Å²) >= 11 is 0. The Balaban J connectivity index is 2.64. The minimum absolute atomic E-state index is 0.0771. The van der Waals surface area contributed by atoms with E-state index < -0.39 is 8.32 Å². The summed E-state index contributed by atoms with van der Waals surface area (Å²) < 4.78 is 6.15. The Morgan fingerprint density at radius 1 is 1.15 bits per heavy atom. The number of fused-ring (bicyclic) bond motifs is 1. The summed E-state index contributed by atoms with van der Waals surface area (Å²) in [5.41, 5.74) is 1.30. The van der Waals surface area contributed by atoms with Crippen molar-refractivity contribution < 1.29 is 4.43 Å². The molecule has 1 aliphatic rings. The van der Waals surface area contributed by atoms with Crippen molar-refractivity contribution in [1.29, 1.82) is 0 Å². The van der Waals surface area contributed by atoms with Gasteiger partial charge >= 0.3 is 0 Å². The first-order chi connectivity index (χ1) is 5.93. The molecule has 0 saturated heterocycles. The van der Waals surface area contributed by atoms with Crippen molar-refractivity contribution in [1.82, 2.24) is 0 Å². The van der Waals surface area contributed by atoms with Crippen molar-refractivity contribution >= 4 is 13.5 Å². The molecule has 0 saturated carbocycles. The van der Waals surface area contributed by atoms with Gasteiger partial charge in [-0.1, -0.05) is 24.3 Å². The third-order valence-corrected chi connectivity index (χ3v) is 5.49. The molecule has 70 valence electrons. The van der Waals surface area contributed by atoms with Gasteiger partial charge in [0.1, 0.15) is 0 Å². The summed E-state index contributed by atoms with van der Waals surface area (Å²) in [6, 6.07) is 8.62. The largest absolute Gasteiger partial charge is 0.404 e. The molecule has 2 rings (SSSR count). The maximum Gasteiger partial charge on any atom is 0.219 e. The lowest BCUT2D eigenvalue weighted by Gasteiger charge is -2.23. The Morgan fingerprint density at radius 2 is 1.77 bits per heavy atom. The van der Waals surface area contributed by atoms with Gasteiger partial charge < -0.3 is 4.43 Å². The Bertz CT molecular complexity index is 309. The quantitative estimate of drug-likeness (QED) is 0.573. The second kappa shape index (κ2) is 2.46. The van der Waals surface area contributed by atoms with Gasteiger partial charge in [-0.25, -0.2) is 0 Å². The highest BCUT2D eigenvalue weighted by molar-refractivity contribution is 6.85. The SMILES string of the molecule is CC1(C)O[Si](C)(C)c2ccccc21. The van der Waals surface area contributed by atoms with Gasteiger partial charge in [0.25, 0.3) is 0 Å². The molecule has 1 aromatic rings. The minimum atomic E-state index is -1.60. The molecule has 0 aromatic heterocycles. The average Bonchev–Trinajstić information content (AvgIpc) is 2.20. The zero-order valence-corrected chi connectivity index (χ0v) is 9.72. The highest BCUT2D eigenvalue weighted by Crippen LogP contribution is 2.34. The van der Waals surface area contributed by atoms with Crippen LogP contribution in [-0.4, -0.2) is 8.32 Å². The fourth-order valence-corrected chi connectivity index (χ4v) is 5.31. The van der Waals surface area contributed by atoms with Crippen molar-refractivity contribution in [3.63, 3.8) is 0 Å². The van der Waals surface area contributed by atoms with Crippen LogP contribution < -0.4 is 5.19 Å². The first kappa shape index (κ1) is 8.97. The van der Waals surface area contributed by atoms with E-state index in [0.29, 0.717) is 0 Å². The van der Waals surface area contributed by atoms with Crippen LogP contribution in [0.3, 0.4) is 0 Å². The topological polar surface area (TPSA) is 9.23 Å². The maximum atomic E-state index is 6.15. The van der Waals surface area contributed by atoms with E-state index >= 15 is 0 Å². The van der Waals surface area contributed by atoms with Crippen molar-refractivity contribution in [3.8, 4) is 0 Å². The van der Waals surface area contributed by atoms with Crippen molar-refractivity contribution in [2.24, 2.45) is 0 Å². The van der Waals surface area contributed by atoms with E-state index in [2.05, 4.69) is 51.2 Å². The van der Waals surface area contributed by atoms with Gasteiger partial charge in [0.2, 0.25) is 8.32 Å². The minimum Gasteiger partial charge on any atom is -0.404 e. The second-order valence-corrected chi connectivity index (χ2v) is 8.43. The van der Waals surface area contributed by atoms with Crippen molar-refractivity contribution in [2.75, 3.05) is 0 Å². The lowest BCUT2D eigenvalue weighted by Crippen LogP contribution is -2.40. The Labute approximate surface area is 80.9 Å². The molecule has 2 heteroatoms. The van der Waals surface area contributed by atoms with Crippen LogP contribution in [0.5, 0.6) is 0 Å². The van der Waals surface area contributed by atoms with E-state index in [0.717, 1.165) is 0 Å². The Kier molecular flexibility index (Phi) is 1.69. The molecule has 0 aliphatic carbocycles. The predicted octanol–water partition coefficient (Wildman–Crippen LogP) is 2.36. The van der Waals surface area contributed by atoms with Gasteiger partial charge in [-0.05, 0) is 37.7 Å². The zero-order chi connectivity index (χ0) is 9.69. The van der Waals surface area contributed by atoms with Gasteiger partial charge in [0, 0.05) is 0 Å². The molecule has 0 N–H and O–H groups in total. The molecule has 1 heterocycles. The molecule has 0 bridgehead atoms. The van der Waals surface area contributed by atoms with Crippen molar-refractivity contribution in [3.05, 3.63) is 29.8 Å². The molecule has 13 heavy (non-hydrogen) atoms. The maximum absolute atomic E-state index is 6.15. The fraction of sp³-hybridized carbons (Fsp3) is 0.455. The first-order valence-electron chi connectivity index (χ1n) is 4.74. The number of benzene rings is 1. The zero-order valence-electron chi connectivity index (χ0n) is 8.72. The number of hydrogen-bond donors (Lipinski definition) is 0. The summed E-state index contributed by atoms with van der Waals surface area (Å²) in [6.07, 6.45) is 0. The second-order valence-electron chi connectivity index (χ2n) is 4.67. The van der Waals surface area contributed by atoms with Gasteiger partial charge in [-0.3, -0.25) is 0 Å². The smallest absolute Gasteiger partial charge is 0.219 e. The highest BCUT2D eigenvalue weighted by atomic mass is 28.4. The molecular formula is C11H16OSi. The summed E-state index contributed by atoms with van der Waals surface area (Å²) in [6.45, 7) is 8.85. The van der Waals surface area contributed by atoms with Gasteiger partial charge in [0.15, 0.2) is 0 Å². The van der Waals surface area contributed by atoms with Crippen molar-refractivity contribution in [2.45, 2.75) is 32.5 Å². The summed E-state index contributed by atoms with van der Waals surface area (Å²) in [5.74, 6) is 0. The first-order valence-corrected chi connectivity index (χ1v) is 7.64. The molecule has 0 spiro atoms. The molecule has 0 unspecified atom stereocenters. The molecule has 0 atom stereocenters. The van der Waals surface area contributed by atoms with Crippen LogP contribution in [0.25, 0.3) is 0 Å². The summed E-state index contributed by atoms with van der Waals surface area (Å²) in [4.78, 5) is 0. The summed E-state index contributed by atoms with van der Waals surface area (Å²) in [5, 5.41) is 1.46. The average molecular weight is 192 g/mol. The number of rotatable bonds is 0. The Hall–Kier alpha value is -0.603. The van der Waals surface area contributed by atoms with E-state index in [9.17, 15) is 0 Å². The Morgan fingerprint density at radius 3 is 2.38 bits per heavy atom. The lowest BCUT2D eigenvalue weighted by atomic mass is 9.99. The van der Waals surface area contributed by atoms with Gasteiger partial charge in [0.05, 0.1) is 5.60 Å². The normalized spacial score (nSPS) is 22.8. The van der Waals surface area contributed by atoms with Crippen LogP contribution >= 0.6 is 0 Å². The van der Waals surface area contributed by atoms with Gasteiger partial charge in [-0.15, -0.1) is 0 Å².